The molecule has 0 aliphatic carbocycles. The maximum atomic E-state index is 12.6. The molecule has 0 radical (unpaired) electrons. The fourth-order valence-electron chi connectivity index (χ4n) is 2.03. The quantitative estimate of drug-likeness (QED) is 0.751. The lowest BCUT2D eigenvalue weighted by Crippen LogP contribution is -2.38. The second kappa shape index (κ2) is 6.44. The monoisotopic (exact) mass is 251 g/mol. The van der Waals surface area contributed by atoms with E-state index < -0.39 is 5.82 Å². The SMILES string of the molecule is C=CCCN1CCC(Oc2ncc(F)cn2)CC1. The van der Waals surface area contributed by atoms with Crippen molar-refractivity contribution in [2.75, 3.05) is 19.6 Å². The average molecular weight is 251 g/mol. The van der Waals surface area contributed by atoms with Crippen molar-refractivity contribution < 1.29 is 9.13 Å². The van der Waals surface area contributed by atoms with Gasteiger partial charge in [-0.25, -0.2) is 14.4 Å². The smallest absolute Gasteiger partial charge is 0.316 e. The molecule has 1 aromatic heterocycles. The van der Waals surface area contributed by atoms with Crippen molar-refractivity contribution in [1.29, 1.82) is 0 Å². The van der Waals surface area contributed by atoms with Crippen molar-refractivity contribution in [2.45, 2.75) is 25.4 Å². The molecule has 18 heavy (non-hydrogen) atoms. The number of likely N-dealkylation sites (tertiary alicyclic amines) is 1. The first-order valence-corrected chi connectivity index (χ1v) is 6.25. The normalized spacial score (nSPS) is 17.6. The molecule has 5 heteroatoms. The Morgan fingerprint density at radius 2 is 2.06 bits per heavy atom. The summed E-state index contributed by atoms with van der Waals surface area (Å²) in [6, 6.07) is 0.265. The molecule has 0 aromatic carbocycles. The van der Waals surface area contributed by atoms with Gasteiger partial charge in [-0.05, 0) is 19.3 Å². The highest BCUT2D eigenvalue weighted by atomic mass is 19.1. The molecule has 1 aliphatic heterocycles. The molecule has 0 unspecified atom stereocenters. The Morgan fingerprint density at radius 3 is 2.67 bits per heavy atom. The minimum Gasteiger partial charge on any atom is -0.460 e. The summed E-state index contributed by atoms with van der Waals surface area (Å²) in [6.07, 6.45) is 7.26. The Hall–Kier alpha value is -1.49. The van der Waals surface area contributed by atoms with E-state index in [2.05, 4.69) is 21.4 Å². The molecule has 1 saturated heterocycles. The summed E-state index contributed by atoms with van der Waals surface area (Å²) < 4.78 is 18.3. The van der Waals surface area contributed by atoms with E-state index in [9.17, 15) is 4.39 Å². The van der Waals surface area contributed by atoms with E-state index in [1.807, 2.05) is 6.08 Å². The first-order valence-electron chi connectivity index (χ1n) is 6.25. The summed E-state index contributed by atoms with van der Waals surface area (Å²) in [6.45, 7) is 6.81. The standard InChI is InChI=1S/C13H18FN3O/c1-2-3-6-17-7-4-12(5-8-17)18-13-15-9-11(14)10-16-13/h2,9-10,12H,1,3-8H2. The molecule has 98 valence electrons. The highest BCUT2D eigenvalue weighted by Crippen LogP contribution is 2.15. The predicted molar refractivity (Wildman–Crippen MR) is 66.9 cm³/mol. The third-order valence-corrected chi connectivity index (χ3v) is 3.05. The number of ether oxygens (including phenoxy) is 1. The number of piperidine rings is 1. The van der Waals surface area contributed by atoms with Crippen molar-refractivity contribution >= 4 is 0 Å². The van der Waals surface area contributed by atoms with Gasteiger partial charge in [0.2, 0.25) is 0 Å². The number of halogens is 1. The molecule has 1 fully saturated rings. The van der Waals surface area contributed by atoms with E-state index in [4.69, 9.17) is 4.74 Å². The van der Waals surface area contributed by atoms with Crippen LogP contribution in [0.15, 0.2) is 25.0 Å². The highest BCUT2D eigenvalue weighted by Gasteiger charge is 2.20. The van der Waals surface area contributed by atoms with Crippen molar-refractivity contribution in [3.63, 3.8) is 0 Å². The van der Waals surface area contributed by atoms with Crippen LogP contribution in [0.3, 0.4) is 0 Å². The van der Waals surface area contributed by atoms with Crippen LogP contribution in [0.1, 0.15) is 19.3 Å². The van der Waals surface area contributed by atoms with Gasteiger partial charge < -0.3 is 9.64 Å². The number of rotatable bonds is 5. The molecule has 0 amide bonds. The van der Waals surface area contributed by atoms with Gasteiger partial charge in [0.25, 0.3) is 0 Å². The Bertz CT molecular complexity index is 374. The number of hydrogen-bond acceptors (Lipinski definition) is 4. The Morgan fingerprint density at radius 1 is 1.39 bits per heavy atom. The molecule has 2 heterocycles. The van der Waals surface area contributed by atoms with Crippen LogP contribution in [0.25, 0.3) is 0 Å². The summed E-state index contributed by atoms with van der Waals surface area (Å²) in [5.41, 5.74) is 0. The third-order valence-electron chi connectivity index (χ3n) is 3.05. The Kier molecular flexibility index (Phi) is 4.64. The van der Waals surface area contributed by atoms with E-state index >= 15 is 0 Å². The lowest BCUT2D eigenvalue weighted by Gasteiger charge is -2.31. The zero-order valence-corrected chi connectivity index (χ0v) is 10.4. The zero-order valence-electron chi connectivity index (χ0n) is 10.4. The van der Waals surface area contributed by atoms with Gasteiger partial charge >= 0.3 is 6.01 Å². The third kappa shape index (κ3) is 3.77. The first kappa shape index (κ1) is 13.0. The summed E-state index contributed by atoms with van der Waals surface area (Å²) in [5.74, 6) is -0.443. The van der Waals surface area contributed by atoms with Crippen LogP contribution < -0.4 is 4.74 Å². The van der Waals surface area contributed by atoms with Crippen LogP contribution in [0, 0.1) is 5.82 Å². The van der Waals surface area contributed by atoms with Gasteiger partial charge in [0.1, 0.15) is 6.10 Å². The van der Waals surface area contributed by atoms with E-state index in [1.54, 1.807) is 0 Å². The van der Waals surface area contributed by atoms with E-state index in [1.165, 1.54) is 0 Å². The van der Waals surface area contributed by atoms with E-state index in [0.29, 0.717) is 0 Å². The lowest BCUT2D eigenvalue weighted by atomic mass is 10.1. The molecule has 0 saturated carbocycles. The van der Waals surface area contributed by atoms with Crippen molar-refractivity contribution in [1.82, 2.24) is 14.9 Å². The predicted octanol–water partition coefficient (Wildman–Crippen LogP) is 2.04. The van der Waals surface area contributed by atoms with Crippen molar-refractivity contribution in [3.05, 3.63) is 30.9 Å². The topological polar surface area (TPSA) is 38.2 Å². The largest absolute Gasteiger partial charge is 0.460 e. The highest BCUT2D eigenvalue weighted by molar-refractivity contribution is 4.96. The van der Waals surface area contributed by atoms with Crippen LogP contribution in [-0.2, 0) is 0 Å². The summed E-state index contributed by atoms with van der Waals surface area (Å²) in [4.78, 5) is 10.0. The Labute approximate surface area is 106 Å². The van der Waals surface area contributed by atoms with Gasteiger partial charge in [0, 0.05) is 19.6 Å². The number of hydrogen-bond donors (Lipinski definition) is 0. The summed E-state index contributed by atoms with van der Waals surface area (Å²) in [5, 5.41) is 0. The van der Waals surface area contributed by atoms with Gasteiger partial charge in [-0.15, -0.1) is 6.58 Å². The second-order valence-corrected chi connectivity index (χ2v) is 4.42. The maximum Gasteiger partial charge on any atom is 0.316 e. The first-order chi connectivity index (χ1) is 8.78. The number of nitrogens with zero attached hydrogens (tertiary/aromatic N) is 3. The van der Waals surface area contributed by atoms with E-state index in [-0.39, 0.29) is 12.1 Å². The maximum absolute atomic E-state index is 12.6. The van der Waals surface area contributed by atoms with Gasteiger partial charge in [0.05, 0.1) is 12.4 Å². The molecule has 2 rings (SSSR count). The van der Waals surface area contributed by atoms with Crippen LogP contribution in [0.5, 0.6) is 6.01 Å². The molecule has 4 nitrogen and oxygen atoms in total. The van der Waals surface area contributed by atoms with Crippen LogP contribution in [0.4, 0.5) is 4.39 Å². The minimum atomic E-state index is -0.443. The average Bonchev–Trinajstić information content (AvgIpc) is 2.41. The summed E-state index contributed by atoms with van der Waals surface area (Å²) >= 11 is 0. The van der Waals surface area contributed by atoms with Gasteiger partial charge in [-0.3, -0.25) is 0 Å². The fraction of sp³-hybridized carbons (Fsp3) is 0.538. The lowest BCUT2D eigenvalue weighted by molar-refractivity contribution is 0.0934. The summed E-state index contributed by atoms with van der Waals surface area (Å²) in [7, 11) is 0. The van der Waals surface area contributed by atoms with E-state index in [0.717, 1.165) is 51.3 Å². The molecular formula is C13H18FN3O. The van der Waals surface area contributed by atoms with Crippen LogP contribution in [0.2, 0.25) is 0 Å². The van der Waals surface area contributed by atoms with Crippen LogP contribution >= 0.6 is 0 Å². The molecule has 0 bridgehead atoms. The van der Waals surface area contributed by atoms with Crippen molar-refractivity contribution in [3.8, 4) is 6.01 Å². The molecular weight excluding hydrogens is 233 g/mol. The van der Waals surface area contributed by atoms with Gasteiger partial charge in [-0.2, -0.15) is 0 Å². The molecule has 0 N–H and O–H groups in total. The molecule has 0 atom stereocenters. The fourth-order valence-corrected chi connectivity index (χ4v) is 2.03. The second-order valence-electron chi connectivity index (χ2n) is 4.42. The molecule has 0 spiro atoms. The van der Waals surface area contributed by atoms with Crippen molar-refractivity contribution in [2.24, 2.45) is 0 Å². The van der Waals surface area contributed by atoms with Gasteiger partial charge in [0.15, 0.2) is 5.82 Å². The zero-order chi connectivity index (χ0) is 12.8. The minimum absolute atomic E-state index is 0.135. The molecule has 1 aromatic rings. The Balaban J connectivity index is 1.76. The van der Waals surface area contributed by atoms with Crippen LogP contribution in [-0.4, -0.2) is 40.6 Å². The number of aromatic nitrogens is 2. The van der Waals surface area contributed by atoms with Gasteiger partial charge in [-0.1, -0.05) is 6.08 Å². The molecule has 1 aliphatic rings.